The maximum absolute atomic E-state index is 10.6. The molecule has 0 saturated heterocycles. The van der Waals surface area contributed by atoms with Crippen molar-refractivity contribution in [2.75, 3.05) is 5.73 Å². The van der Waals surface area contributed by atoms with Gasteiger partial charge in [-0.25, -0.2) is 0 Å². The molecule has 0 fully saturated rings. The molecule has 0 spiro atoms. The summed E-state index contributed by atoms with van der Waals surface area (Å²) in [6, 6.07) is 7.09. The molecule has 98 valence electrons. The van der Waals surface area contributed by atoms with Crippen molar-refractivity contribution >= 4 is 34.7 Å². The van der Waals surface area contributed by atoms with E-state index in [4.69, 9.17) is 33.7 Å². The molecule has 0 radical (unpaired) electrons. The molecule has 0 saturated carbocycles. The van der Waals surface area contributed by atoms with Gasteiger partial charge in [0.25, 0.3) is 5.69 Å². The molecule has 2 aromatic rings. The van der Waals surface area contributed by atoms with Gasteiger partial charge in [0.15, 0.2) is 5.75 Å². The smallest absolute Gasteiger partial charge is 0.272 e. The lowest BCUT2D eigenvalue weighted by molar-refractivity contribution is -0.384. The van der Waals surface area contributed by atoms with E-state index in [2.05, 4.69) is 4.98 Å². The van der Waals surface area contributed by atoms with Gasteiger partial charge >= 0.3 is 0 Å². The standard InChI is InChI=1S/C11H7Cl2N3O3/c12-7-4-6(16(17)18)5-8(13)11(7)19-10-3-1-2-9(14)15-10/h1-5H,(H2,14,15). The zero-order valence-corrected chi connectivity index (χ0v) is 10.9. The molecule has 0 unspecified atom stereocenters. The van der Waals surface area contributed by atoms with Crippen LogP contribution in [0.4, 0.5) is 11.5 Å². The van der Waals surface area contributed by atoms with Crippen LogP contribution in [-0.2, 0) is 0 Å². The second-order valence-corrected chi connectivity index (χ2v) is 4.31. The number of nitrogens with two attached hydrogens (primary N) is 1. The number of anilines is 1. The van der Waals surface area contributed by atoms with Crippen LogP contribution in [0.15, 0.2) is 30.3 Å². The fourth-order valence-electron chi connectivity index (χ4n) is 1.34. The summed E-state index contributed by atoms with van der Waals surface area (Å²) >= 11 is 11.8. The highest BCUT2D eigenvalue weighted by molar-refractivity contribution is 6.37. The van der Waals surface area contributed by atoms with E-state index in [1.165, 1.54) is 0 Å². The van der Waals surface area contributed by atoms with E-state index < -0.39 is 4.92 Å². The second kappa shape index (κ2) is 5.29. The third-order valence-corrected chi connectivity index (χ3v) is 2.71. The molecule has 2 N–H and O–H groups in total. The summed E-state index contributed by atoms with van der Waals surface area (Å²) in [5.41, 5.74) is 5.29. The van der Waals surface area contributed by atoms with Gasteiger partial charge in [-0.2, -0.15) is 4.98 Å². The fourth-order valence-corrected chi connectivity index (χ4v) is 1.89. The summed E-state index contributed by atoms with van der Waals surface area (Å²) in [5, 5.41) is 10.7. The molecule has 0 bridgehead atoms. The number of non-ortho nitro benzene ring substituents is 1. The number of halogens is 2. The molecule has 1 heterocycles. The largest absolute Gasteiger partial charge is 0.436 e. The van der Waals surface area contributed by atoms with E-state index in [-0.39, 0.29) is 33.2 Å². The number of nitrogens with zero attached hydrogens (tertiary/aromatic N) is 2. The maximum Gasteiger partial charge on any atom is 0.272 e. The van der Waals surface area contributed by atoms with Crippen molar-refractivity contribution in [2.45, 2.75) is 0 Å². The van der Waals surface area contributed by atoms with Crippen LogP contribution < -0.4 is 10.5 Å². The van der Waals surface area contributed by atoms with Crippen LogP contribution in [0.2, 0.25) is 10.0 Å². The molecular weight excluding hydrogens is 293 g/mol. The molecule has 19 heavy (non-hydrogen) atoms. The third kappa shape index (κ3) is 3.04. The van der Waals surface area contributed by atoms with Crippen LogP contribution in [0.25, 0.3) is 0 Å². The number of rotatable bonds is 3. The Morgan fingerprint density at radius 3 is 2.42 bits per heavy atom. The lowest BCUT2D eigenvalue weighted by Crippen LogP contribution is -1.95. The number of nitrogen functional groups attached to an aromatic ring is 1. The van der Waals surface area contributed by atoms with Crippen molar-refractivity contribution in [2.24, 2.45) is 0 Å². The Bertz CT molecular complexity index is 626. The number of ether oxygens (including phenoxy) is 1. The average molecular weight is 300 g/mol. The van der Waals surface area contributed by atoms with Crippen molar-refractivity contribution in [1.82, 2.24) is 4.98 Å². The van der Waals surface area contributed by atoms with Gasteiger partial charge in [0.1, 0.15) is 5.82 Å². The Hall–Kier alpha value is -2.05. The summed E-state index contributed by atoms with van der Waals surface area (Å²) < 4.78 is 5.38. The second-order valence-electron chi connectivity index (χ2n) is 3.50. The van der Waals surface area contributed by atoms with Gasteiger partial charge in [-0.1, -0.05) is 29.3 Å². The number of nitro benzene ring substituents is 1. The Balaban J connectivity index is 2.38. The molecule has 1 aromatic heterocycles. The minimum atomic E-state index is -0.597. The normalized spacial score (nSPS) is 10.2. The molecule has 0 amide bonds. The summed E-state index contributed by atoms with van der Waals surface area (Å²) in [6.45, 7) is 0. The molecule has 6 nitrogen and oxygen atoms in total. The number of pyridine rings is 1. The Labute approximate surface area is 117 Å². The van der Waals surface area contributed by atoms with Crippen LogP contribution in [0.1, 0.15) is 0 Å². The zero-order valence-electron chi connectivity index (χ0n) is 9.34. The minimum absolute atomic E-state index is 0.0171. The van der Waals surface area contributed by atoms with Crippen LogP contribution in [0.5, 0.6) is 11.6 Å². The highest BCUT2D eigenvalue weighted by Gasteiger charge is 2.16. The van der Waals surface area contributed by atoms with Crippen molar-refractivity contribution in [3.63, 3.8) is 0 Å². The Morgan fingerprint density at radius 2 is 1.89 bits per heavy atom. The summed E-state index contributed by atoms with van der Waals surface area (Å²) in [6.07, 6.45) is 0. The van der Waals surface area contributed by atoms with E-state index in [0.717, 1.165) is 12.1 Å². The first kappa shape index (κ1) is 13.4. The van der Waals surface area contributed by atoms with Gasteiger partial charge in [-0.3, -0.25) is 10.1 Å². The summed E-state index contributed by atoms with van der Waals surface area (Å²) in [4.78, 5) is 14.0. The van der Waals surface area contributed by atoms with Crippen molar-refractivity contribution in [3.05, 3.63) is 50.5 Å². The molecule has 0 aliphatic heterocycles. The van der Waals surface area contributed by atoms with Crippen LogP contribution in [0, 0.1) is 10.1 Å². The van der Waals surface area contributed by atoms with Gasteiger partial charge in [0.05, 0.1) is 15.0 Å². The fraction of sp³-hybridized carbons (Fsp3) is 0. The summed E-state index contributed by atoms with van der Waals surface area (Å²) in [5.74, 6) is 0.552. The SMILES string of the molecule is Nc1cccc(Oc2c(Cl)cc([N+](=O)[O-])cc2Cl)n1. The van der Waals surface area contributed by atoms with E-state index in [0.29, 0.717) is 0 Å². The molecule has 8 heteroatoms. The highest BCUT2D eigenvalue weighted by atomic mass is 35.5. The average Bonchev–Trinajstić information content (AvgIpc) is 2.33. The van der Waals surface area contributed by atoms with E-state index >= 15 is 0 Å². The Morgan fingerprint density at radius 1 is 1.26 bits per heavy atom. The number of nitro groups is 1. The lowest BCUT2D eigenvalue weighted by Gasteiger charge is -2.08. The van der Waals surface area contributed by atoms with Crippen molar-refractivity contribution in [3.8, 4) is 11.6 Å². The van der Waals surface area contributed by atoms with Crippen LogP contribution in [0.3, 0.4) is 0 Å². The van der Waals surface area contributed by atoms with E-state index in [1.54, 1.807) is 18.2 Å². The van der Waals surface area contributed by atoms with E-state index in [9.17, 15) is 10.1 Å². The number of aromatic nitrogens is 1. The van der Waals surface area contributed by atoms with Crippen LogP contribution >= 0.6 is 23.2 Å². The minimum Gasteiger partial charge on any atom is -0.436 e. The van der Waals surface area contributed by atoms with Crippen molar-refractivity contribution < 1.29 is 9.66 Å². The third-order valence-electron chi connectivity index (χ3n) is 2.15. The molecule has 0 aliphatic rings. The summed E-state index contributed by atoms with van der Waals surface area (Å²) in [7, 11) is 0. The topological polar surface area (TPSA) is 91.3 Å². The van der Waals surface area contributed by atoms with Gasteiger partial charge in [0, 0.05) is 18.2 Å². The molecule has 1 aromatic carbocycles. The first-order chi connectivity index (χ1) is 8.97. The number of hydrogen-bond acceptors (Lipinski definition) is 5. The predicted molar refractivity (Wildman–Crippen MR) is 71.8 cm³/mol. The van der Waals surface area contributed by atoms with Crippen molar-refractivity contribution in [1.29, 1.82) is 0 Å². The van der Waals surface area contributed by atoms with E-state index in [1.807, 2.05) is 0 Å². The molecule has 0 aliphatic carbocycles. The maximum atomic E-state index is 10.6. The molecule has 0 atom stereocenters. The van der Waals surface area contributed by atoms with Gasteiger partial charge in [-0.05, 0) is 6.07 Å². The van der Waals surface area contributed by atoms with Gasteiger partial charge in [-0.15, -0.1) is 0 Å². The highest BCUT2D eigenvalue weighted by Crippen LogP contribution is 2.38. The quantitative estimate of drug-likeness (QED) is 0.689. The van der Waals surface area contributed by atoms with Gasteiger partial charge in [0.2, 0.25) is 5.88 Å². The zero-order chi connectivity index (χ0) is 14.0. The van der Waals surface area contributed by atoms with Crippen LogP contribution in [-0.4, -0.2) is 9.91 Å². The molecule has 2 rings (SSSR count). The Kier molecular flexibility index (Phi) is 3.73. The number of hydrogen-bond donors (Lipinski definition) is 1. The monoisotopic (exact) mass is 299 g/mol. The first-order valence-electron chi connectivity index (χ1n) is 5.01. The number of benzene rings is 1. The van der Waals surface area contributed by atoms with Gasteiger partial charge < -0.3 is 10.5 Å². The lowest BCUT2D eigenvalue weighted by atomic mass is 10.3. The predicted octanol–water partition coefficient (Wildman–Crippen LogP) is 3.67. The molecular formula is C11H7Cl2N3O3. The first-order valence-corrected chi connectivity index (χ1v) is 5.77.